The molecule has 2 amide bonds. The molecule has 1 atom stereocenters. The summed E-state index contributed by atoms with van der Waals surface area (Å²) in [5, 5.41) is 5.70. The van der Waals surface area contributed by atoms with E-state index in [1.807, 2.05) is 44.2 Å². The summed E-state index contributed by atoms with van der Waals surface area (Å²) in [5.74, 6) is -0.350. The Bertz CT molecular complexity index is 739. The van der Waals surface area contributed by atoms with E-state index >= 15 is 0 Å². The first-order chi connectivity index (χ1) is 11.3. The van der Waals surface area contributed by atoms with Gasteiger partial charge in [0.05, 0.1) is 12.5 Å². The molecular weight excluding hydrogens is 302 g/mol. The van der Waals surface area contributed by atoms with E-state index in [1.54, 1.807) is 12.1 Å². The number of aryl methyl sites for hydroxylation is 2. The zero-order valence-corrected chi connectivity index (χ0v) is 14.2. The maximum absolute atomic E-state index is 12.4. The van der Waals surface area contributed by atoms with Crippen LogP contribution in [0.4, 0.5) is 11.4 Å². The number of nitrogens with one attached hydrogen (secondary N) is 2. The predicted octanol–water partition coefficient (Wildman–Crippen LogP) is 3.09. The first-order valence-corrected chi connectivity index (χ1v) is 7.85. The fourth-order valence-corrected chi connectivity index (χ4v) is 2.46. The summed E-state index contributed by atoms with van der Waals surface area (Å²) in [7, 11) is 0. The summed E-state index contributed by atoms with van der Waals surface area (Å²) in [5.41, 5.74) is 10.0. The predicted molar refractivity (Wildman–Crippen MR) is 96.6 cm³/mol. The smallest absolute Gasteiger partial charge is 0.226 e. The molecule has 0 aromatic heterocycles. The summed E-state index contributed by atoms with van der Waals surface area (Å²) >= 11 is 0. The van der Waals surface area contributed by atoms with E-state index in [4.69, 9.17) is 5.73 Å². The van der Waals surface area contributed by atoms with Crippen molar-refractivity contribution in [2.45, 2.75) is 33.2 Å². The van der Waals surface area contributed by atoms with Crippen LogP contribution in [-0.2, 0) is 9.59 Å². The van der Waals surface area contributed by atoms with E-state index in [-0.39, 0.29) is 24.3 Å². The van der Waals surface area contributed by atoms with E-state index in [0.29, 0.717) is 11.4 Å². The number of rotatable bonds is 5. The van der Waals surface area contributed by atoms with Gasteiger partial charge in [-0.2, -0.15) is 0 Å². The Kier molecular flexibility index (Phi) is 5.58. The fourth-order valence-electron chi connectivity index (χ4n) is 2.46. The van der Waals surface area contributed by atoms with Crippen molar-refractivity contribution in [1.29, 1.82) is 0 Å². The minimum Gasteiger partial charge on any atom is -0.399 e. The number of anilines is 2. The van der Waals surface area contributed by atoms with Crippen LogP contribution in [0.2, 0.25) is 0 Å². The van der Waals surface area contributed by atoms with Crippen LogP contribution in [0, 0.1) is 13.8 Å². The SMILES string of the molecule is CC(=O)NC(CC(=O)Nc1cc(N)ccc1C)c1ccc(C)cc1. The molecule has 2 aromatic carbocycles. The molecule has 1 unspecified atom stereocenters. The topological polar surface area (TPSA) is 84.2 Å². The lowest BCUT2D eigenvalue weighted by atomic mass is 10.0. The maximum atomic E-state index is 12.4. The molecule has 126 valence electrons. The Morgan fingerprint density at radius 1 is 1.08 bits per heavy atom. The molecule has 0 spiro atoms. The molecule has 0 heterocycles. The molecule has 5 heteroatoms. The molecule has 0 aliphatic carbocycles. The van der Waals surface area contributed by atoms with Crippen molar-refractivity contribution in [3.8, 4) is 0 Å². The van der Waals surface area contributed by atoms with Crippen molar-refractivity contribution in [3.05, 3.63) is 59.2 Å². The van der Waals surface area contributed by atoms with Gasteiger partial charge in [0.1, 0.15) is 0 Å². The molecule has 0 bridgehead atoms. The third kappa shape index (κ3) is 4.84. The summed E-state index contributed by atoms with van der Waals surface area (Å²) in [6.07, 6.45) is 0.150. The van der Waals surface area contributed by atoms with Crippen molar-refractivity contribution in [1.82, 2.24) is 5.32 Å². The number of benzene rings is 2. The Morgan fingerprint density at radius 2 is 1.75 bits per heavy atom. The van der Waals surface area contributed by atoms with Crippen LogP contribution in [0.25, 0.3) is 0 Å². The number of hydrogen-bond donors (Lipinski definition) is 3. The molecule has 0 fully saturated rings. The zero-order valence-electron chi connectivity index (χ0n) is 14.2. The lowest BCUT2D eigenvalue weighted by Crippen LogP contribution is -2.29. The van der Waals surface area contributed by atoms with Crippen molar-refractivity contribution >= 4 is 23.2 Å². The second-order valence-electron chi connectivity index (χ2n) is 5.99. The van der Waals surface area contributed by atoms with Gasteiger partial charge in [-0.15, -0.1) is 0 Å². The van der Waals surface area contributed by atoms with Crippen molar-refractivity contribution in [2.24, 2.45) is 0 Å². The van der Waals surface area contributed by atoms with Gasteiger partial charge in [0.25, 0.3) is 0 Å². The molecule has 0 saturated heterocycles. The van der Waals surface area contributed by atoms with Gasteiger partial charge in [0, 0.05) is 18.3 Å². The number of nitrogen functional groups attached to an aromatic ring is 1. The van der Waals surface area contributed by atoms with Gasteiger partial charge < -0.3 is 16.4 Å². The zero-order chi connectivity index (χ0) is 17.7. The average Bonchev–Trinajstić information content (AvgIpc) is 2.50. The van der Waals surface area contributed by atoms with Gasteiger partial charge in [-0.1, -0.05) is 35.9 Å². The number of amides is 2. The summed E-state index contributed by atoms with van der Waals surface area (Å²) in [6.45, 7) is 5.34. The van der Waals surface area contributed by atoms with Gasteiger partial charge in [-0.25, -0.2) is 0 Å². The molecule has 2 aromatic rings. The van der Waals surface area contributed by atoms with Crippen LogP contribution in [0.15, 0.2) is 42.5 Å². The lowest BCUT2D eigenvalue weighted by Gasteiger charge is -2.19. The third-order valence-corrected chi connectivity index (χ3v) is 3.78. The Labute approximate surface area is 142 Å². The molecule has 2 rings (SSSR count). The van der Waals surface area contributed by atoms with E-state index < -0.39 is 0 Å². The molecule has 4 N–H and O–H groups in total. The van der Waals surface area contributed by atoms with Crippen LogP contribution < -0.4 is 16.4 Å². The Balaban J connectivity index is 2.13. The first kappa shape index (κ1) is 17.5. The molecule has 0 saturated carbocycles. The number of carbonyl (C=O) groups is 2. The van der Waals surface area contributed by atoms with Gasteiger partial charge in [0.2, 0.25) is 11.8 Å². The minimum atomic E-state index is -0.371. The van der Waals surface area contributed by atoms with E-state index in [0.717, 1.165) is 16.7 Å². The monoisotopic (exact) mass is 325 g/mol. The highest BCUT2D eigenvalue weighted by Gasteiger charge is 2.17. The summed E-state index contributed by atoms with van der Waals surface area (Å²) < 4.78 is 0. The van der Waals surface area contributed by atoms with E-state index in [9.17, 15) is 9.59 Å². The van der Waals surface area contributed by atoms with Gasteiger partial charge in [0.15, 0.2) is 0 Å². The second kappa shape index (κ2) is 7.64. The van der Waals surface area contributed by atoms with Gasteiger partial charge in [-0.05, 0) is 37.1 Å². The number of hydrogen-bond acceptors (Lipinski definition) is 3. The minimum absolute atomic E-state index is 0.150. The van der Waals surface area contributed by atoms with E-state index in [1.165, 1.54) is 6.92 Å². The van der Waals surface area contributed by atoms with Crippen molar-refractivity contribution < 1.29 is 9.59 Å². The molecule has 24 heavy (non-hydrogen) atoms. The van der Waals surface area contributed by atoms with E-state index in [2.05, 4.69) is 10.6 Å². The Hall–Kier alpha value is -2.82. The average molecular weight is 325 g/mol. The molecule has 0 radical (unpaired) electrons. The van der Waals surface area contributed by atoms with Crippen LogP contribution in [0.5, 0.6) is 0 Å². The highest BCUT2D eigenvalue weighted by molar-refractivity contribution is 5.92. The standard InChI is InChI=1S/C19H23N3O2/c1-12-4-7-15(8-5-12)18(21-14(3)23)11-19(24)22-17-10-16(20)9-6-13(17)2/h4-10,18H,11,20H2,1-3H3,(H,21,23)(H,22,24). The second-order valence-corrected chi connectivity index (χ2v) is 5.99. The summed E-state index contributed by atoms with van der Waals surface area (Å²) in [6, 6.07) is 12.8. The normalized spacial score (nSPS) is 11.6. The maximum Gasteiger partial charge on any atom is 0.226 e. The van der Waals surface area contributed by atoms with Crippen LogP contribution in [0.3, 0.4) is 0 Å². The highest BCUT2D eigenvalue weighted by Crippen LogP contribution is 2.21. The number of carbonyl (C=O) groups excluding carboxylic acids is 2. The quantitative estimate of drug-likeness (QED) is 0.739. The molecular formula is C19H23N3O2. The lowest BCUT2D eigenvalue weighted by molar-refractivity contribution is -0.120. The van der Waals surface area contributed by atoms with Crippen molar-refractivity contribution in [3.63, 3.8) is 0 Å². The van der Waals surface area contributed by atoms with Gasteiger partial charge in [-0.3, -0.25) is 9.59 Å². The van der Waals surface area contributed by atoms with Gasteiger partial charge >= 0.3 is 0 Å². The first-order valence-electron chi connectivity index (χ1n) is 7.85. The molecule has 0 aliphatic heterocycles. The Morgan fingerprint density at radius 3 is 2.38 bits per heavy atom. The van der Waals surface area contributed by atoms with Crippen LogP contribution >= 0.6 is 0 Å². The van der Waals surface area contributed by atoms with Crippen LogP contribution in [0.1, 0.15) is 36.1 Å². The van der Waals surface area contributed by atoms with Crippen LogP contribution in [-0.4, -0.2) is 11.8 Å². The largest absolute Gasteiger partial charge is 0.399 e. The molecule has 0 aliphatic rings. The number of nitrogens with two attached hydrogens (primary N) is 1. The third-order valence-electron chi connectivity index (χ3n) is 3.78. The van der Waals surface area contributed by atoms with Crippen molar-refractivity contribution in [2.75, 3.05) is 11.1 Å². The molecule has 5 nitrogen and oxygen atoms in total. The summed E-state index contributed by atoms with van der Waals surface area (Å²) in [4.78, 5) is 23.9. The fraction of sp³-hybridized carbons (Fsp3) is 0.263. The highest BCUT2D eigenvalue weighted by atomic mass is 16.2.